The summed E-state index contributed by atoms with van der Waals surface area (Å²) in [5, 5.41) is 6.94. The van der Waals surface area contributed by atoms with Gasteiger partial charge in [-0.2, -0.15) is 0 Å². The van der Waals surface area contributed by atoms with Gasteiger partial charge in [0.15, 0.2) is 12.5 Å². The Labute approximate surface area is 188 Å². The van der Waals surface area contributed by atoms with Crippen LogP contribution in [0, 0.1) is 5.82 Å². The second-order valence-corrected chi connectivity index (χ2v) is 7.70. The molecule has 1 aliphatic rings. The van der Waals surface area contributed by atoms with Gasteiger partial charge in [0.05, 0.1) is 12.3 Å². The van der Waals surface area contributed by atoms with Gasteiger partial charge in [-0.3, -0.25) is 4.79 Å². The highest BCUT2D eigenvalue weighted by Gasteiger charge is 2.18. The molecule has 0 fully saturated rings. The van der Waals surface area contributed by atoms with Crippen LogP contribution in [0.1, 0.15) is 16.7 Å². The maximum absolute atomic E-state index is 13.9. The van der Waals surface area contributed by atoms with Gasteiger partial charge in [0.1, 0.15) is 5.82 Å². The number of nitrogens with one attached hydrogen (secondary N) is 3. The predicted molar refractivity (Wildman–Crippen MR) is 123 cm³/mol. The number of rotatable bonds is 4. The second kappa shape index (κ2) is 8.76. The van der Waals surface area contributed by atoms with E-state index < -0.39 is 11.8 Å². The maximum Gasteiger partial charge on any atom is 0.323 e. The smallest absolute Gasteiger partial charge is 0.323 e. The van der Waals surface area contributed by atoms with Gasteiger partial charge >= 0.3 is 6.03 Å². The Balaban J connectivity index is 1.34. The fraction of sp³-hybridized carbons (Fsp3) is 0.120. The van der Waals surface area contributed by atoms with Crippen molar-refractivity contribution in [3.63, 3.8) is 0 Å². The average Bonchev–Trinajstić information content (AvgIpc) is 2.81. The fourth-order valence-corrected chi connectivity index (χ4v) is 3.95. The standard InChI is InChI=1S/C25H20FN3O4/c26-18-10-17-13-32-14-33-23(17)22(11-18)29-25(31)28-19-5-3-4-15(9-19)8-16-12-27-24(30)21-7-2-1-6-20(16)21/h1-7,9-12H,8,13-14H2,(H,27,30)(H2,28,29,31). The van der Waals surface area contributed by atoms with Gasteiger partial charge in [0.2, 0.25) is 0 Å². The van der Waals surface area contributed by atoms with E-state index >= 15 is 0 Å². The van der Waals surface area contributed by atoms with E-state index in [1.807, 2.05) is 36.4 Å². The Bertz CT molecular complexity index is 1420. The number of amides is 2. The minimum Gasteiger partial charge on any atom is -0.465 e. The minimum absolute atomic E-state index is 0.0381. The van der Waals surface area contributed by atoms with Crippen molar-refractivity contribution in [1.29, 1.82) is 0 Å². The van der Waals surface area contributed by atoms with E-state index in [1.54, 1.807) is 18.3 Å². The first kappa shape index (κ1) is 20.7. The molecule has 3 N–H and O–H groups in total. The number of ether oxygens (including phenoxy) is 2. The molecular formula is C25H20FN3O4. The zero-order valence-corrected chi connectivity index (χ0v) is 17.5. The van der Waals surface area contributed by atoms with E-state index in [1.165, 1.54) is 12.1 Å². The topological polar surface area (TPSA) is 92.5 Å². The van der Waals surface area contributed by atoms with Crippen LogP contribution >= 0.6 is 0 Å². The number of carbonyl (C=O) groups is 1. The van der Waals surface area contributed by atoms with Crippen molar-refractivity contribution in [2.45, 2.75) is 13.0 Å². The van der Waals surface area contributed by atoms with E-state index in [2.05, 4.69) is 15.6 Å². The van der Waals surface area contributed by atoms with Gasteiger partial charge in [0.25, 0.3) is 5.56 Å². The summed E-state index contributed by atoms with van der Waals surface area (Å²) < 4.78 is 24.5. The Hall–Kier alpha value is -4.17. The molecule has 7 nitrogen and oxygen atoms in total. The van der Waals surface area contributed by atoms with Crippen LogP contribution in [0.5, 0.6) is 5.75 Å². The van der Waals surface area contributed by atoms with E-state index in [9.17, 15) is 14.0 Å². The molecule has 2 heterocycles. The van der Waals surface area contributed by atoms with E-state index in [-0.39, 0.29) is 24.6 Å². The number of aromatic nitrogens is 1. The van der Waals surface area contributed by atoms with Crippen molar-refractivity contribution in [3.05, 3.63) is 99.7 Å². The molecule has 3 aromatic carbocycles. The molecule has 4 aromatic rings. The van der Waals surface area contributed by atoms with Crippen LogP contribution in [0.4, 0.5) is 20.6 Å². The molecule has 5 rings (SSSR count). The third-order valence-corrected chi connectivity index (χ3v) is 5.40. The summed E-state index contributed by atoms with van der Waals surface area (Å²) in [5.41, 5.74) is 3.14. The lowest BCUT2D eigenvalue weighted by molar-refractivity contribution is -0.0160. The van der Waals surface area contributed by atoms with Crippen LogP contribution in [-0.2, 0) is 17.8 Å². The van der Waals surface area contributed by atoms with Crippen molar-refractivity contribution in [3.8, 4) is 5.75 Å². The van der Waals surface area contributed by atoms with Gasteiger partial charge in [-0.15, -0.1) is 0 Å². The highest BCUT2D eigenvalue weighted by atomic mass is 19.1. The van der Waals surface area contributed by atoms with E-state index in [0.29, 0.717) is 28.8 Å². The highest BCUT2D eigenvalue weighted by Crippen LogP contribution is 2.33. The number of halogens is 1. The van der Waals surface area contributed by atoms with Gasteiger partial charge in [0, 0.05) is 28.9 Å². The first-order chi connectivity index (χ1) is 16.1. The molecule has 0 saturated heterocycles. The highest BCUT2D eigenvalue weighted by molar-refractivity contribution is 6.01. The molecule has 33 heavy (non-hydrogen) atoms. The van der Waals surface area contributed by atoms with Crippen molar-refractivity contribution >= 4 is 28.2 Å². The molecule has 0 bridgehead atoms. The van der Waals surface area contributed by atoms with Crippen LogP contribution in [0.3, 0.4) is 0 Å². The molecule has 8 heteroatoms. The Morgan fingerprint density at radius 1 is 1.03 bits per heavy atom. The first-order valence-electron chi connectivity index (χ1n) is 10.4. The number of hydrogen-bond acceptors (Lipinski definition) is 4. The molecule has 0 atom stereocenters. The number of carbonyl (C=O) groups excluding carboxylic acids is 1. The minimum atomic E-state index is -0.524. The number of pyridine rings is 1. The number of benzene rings is 3. The fourth-order valence-electron chi connectivity index (χ4n) is 3.95. The summed E-state index contributed by atoms with van der Waals surface area (Å²) in [6, 6.07) is 16.8. The first-order valence-corrected chi connectivity index (χ1v) is 10.4. The molecule has 1 aliphatic heterocycles. The second-order valence-electron chi connectivity index (χ2n) is 7.70. The third kappa shape index (κ3) is 4.42. The Morgan fingerprint density at radius 3 is 2.76 bits per heavy atom. The largest absolute Gasteiger partial charge is 0.465 e. The van der Waals surface area contributed by atoms with Crippen LogP contribution in [0.15, 0.2) is 71.7 Å². The van der Waals surface area contributed by atoms with Gasteiger partial charge in [-0.1, -0.05) is 30.3 Å². The molecule has 1 aromatic heterocycles. The number of aromatic amines is 1. The normalized spacial score (nSPS) is 12.6. The summed E-state index contributed by atoms with van der Waals surface area (Å²) in [5.74, 6) is -0.0928. The lowest BCUT2D eigenvalue weighted by Crippen LogP contribution is -2.22. The number of H-pyrrole nitrogens is 1. The van der Waals surface area contributed by atoms with Crippen LogP contribution < -0.4 is 20.9 Å². The van der Waals surface area contributed by atoms with Crippen molar-refractivity contribution in [2.75, 3.05) is 17.4 Å². The van der Waals surface area contributed by atoms with E-state index in [4.69, 9.17) is 9.47 Å². The molecule has 0 spiro atoms. The summed E-state index contributed by atoms with van der Waals surface area (Å²) >= 11 is 0. The van der Waals surface area contributed by atoms with Gasteiger partial charge in [-0.25, -0.2) is 9.18 Å². The molecular weight excluding hydrogens is 425 g/mol. The number of fused-ring (bicyclic) bond motifs is 2. The maximum atomic E-state index is 13.9. The predicted octanol–water partition coefficient (Wildman–Crippen LogP) is 4.77. The Morgan fingerprint density at radius 2 is 1.88 bits per heavy atom. The van der Waals surface area contributed by atoms with Crippen LogP contribution in [0.2, 0.25) is 0 Å². The lowest BCUT2D eigenvalue weighted by Gasteiger charge is -2.21. The average molecular weight is 445 g/mol. The summed E-state index contributed by atoms with van der Waals surface area (Å²) in [6.07, 6.45) is 2.29. The third-order valence-electron chi connectivity index (χ3n) is 5.40. The molecule has 0 aliphatic carbocycles. The molecule has 0 unspecified atom stereocenters. The molecule has 166 valence electrons. The molecule has 2 amide bonds. The van der Waals surface area contributed by atoms with E-state index in [0.717, 1.165) is 16.5 Å². The van der Waals surface area contributed by atoms with Gasteiger partial charge in [-0.05, 0) is 47.2 Å². The van der Waals surface area contributed by atoms with Crippen molar-refractivity contribution in [1.82, 2.24) is 4.98 Å². The SMILES string of the molecule is O=C(Nc1cccc(Cc2c[nH]c(=O)c3ccccc23)c1)Nc1cc(F)cc2c1OCOC2. The van der Waals surface area contributed by atoms with Crippen molar-refractivity contribution < 1.29 is 18.7 Å². The summed E-state index contributed by atoms with van der Waals surface area (Å²) in [4.78, 5) is 27.4. The van der Waals surface area contributed by atoms with Crippen LogP contribution in [0.25, 0.3) is 10.8 Å². The Kier molecular flexibility index (Phi) is 5.50. The molecule has 0 radical (unpaired) electrons. The van der Waals surface area contributed by atoms with Crippen molar-refractivity contribution in [2.24, 2.45) is 0 Å². The summed E-state index contributed by atoms with van der Waals surface area (Å²) in [7, 11) is 0. The molecule has 0 saturated carbocycles. The monoisotopic (exact) mass is 445 g/mol. The number of urea groups is 1. The van der Waals surface area contributed by atoms with Crippen LogP contribution in [-0.4, -0.2) is 17.8 Å². The lowest BCUT2D eigenvalue weighted by atomic mass is 10.0. The zero-order chi connectivity index (χ0) is 22.8. The quantitative estimate of drug-likeness (QED) is 0.422. The number of anilines is 2. The zero-order valence-electron chi connectivity index (χ0n) is 17.5. The van der Waals surface area contributed by atoms with Gasteiger partial charge < -0.3 is 25.1 Å². The number of hydrogen-bond donors (Lipinski definition) is 3. The summed E-state index contributed by atoms with van der Waals surface area (Å²) in [6.45, 7) is 0.251.